The van der Waals surface area contributed by atoms with Crippen LogP contribution in [0.1, 0.15) is 46.0 Å². The lowest BCUT2D eigenvalue weighted by Gasteiger charge is -2.36. The van der Waals surface area contributed by atoms with E-state index in [1.807, 2.05) is 0 Å². The van der Waals surface area contributed by atoms with Gasteiger partial charge in [0.05, 0.1) is 18.8 Å². The summed E-state index contributed by atoms with van der Waals surface area (Å²) < 4.78 is 5.90. The molecule has 2 N–H and O–H groups in total. The Morgan fingerprint density at radius 1 is 1.29 bits per heavy atom. The molecule has 0 radical (unpaired) electrons. The molecular weight excluding hydrogens is 264 g/mol. The molecule has 2 aliphatic rings. The quantitative estimate of drug-likeness (QED) is 0.786. The standard InChI is InChI=1S/C17H34N2O2/c1-13-5-4-6-16(9-13)21-12-15(20)10-18-17-7-8-19(3)11-14(17)2/h13-18,20H,4-12H2,1-3H3. The topological polar surface area (TPSA) is 44.7 Å². The SMILES string of the molecule is CC1CCCC(OCC(O)CNC2CCN(C)CC2C)C1. The Labute approximate surface area is 130 Å². The van der Waals surface area contributed by atoms with Gasteiger partial charge in [0, 0.05) is 19.1 Å². The summed E-state index contributed by atoms with van der Waals surface area (Å²) in [5.74, 6) is 1.43. The van der Waals surface area contributed by atoms with Crippen molar-refractivity contribution in [3.05, 3.63) is 0 Å². The number of piperidine rings is 1. The molecule has 5 atom stereocenters. The van der Waals surface area contributed by atoms with Crippen molar-refractivity contribution in [2.75, 3.05) is 33.3 Å². The molecule has 21 heavy (non-hydrogen) atoms. The summed E-state index contributed by atoms with van der Waals surface area (Å²) in [6, 6.07) is 0.533. The lowest BCUT2D eigenvalue weighted by molar-refractivity contribution is -0.0320. The van der Waals surface area contributed by atoms with Crippen molar-refractivity contribution in [1.82, 2.24) is 10.2 Å². The van der Waals surface area contributed by atoms with Gasteiger partial charge >= 0.3 is 0 Å². The van der Waals surface area contributed by atoms with Crippen molar-refractivity contribution in [3.8, 4) is 0 Å². The van der Waals surface area contributed by atoms with E-state index < -0.39 is 0 Å². The van der Waals surface area contributed by atoms with Gasteiger partial charge < -0.3 is 20.1 Å². The first-order valence-corrected chi connectivity index (χ1v) is 8.76. The zero-order valence-electron chi connectivity index (χ0n) is 14.1. The second kappa shape index (κ2) is 8.47. The highest BCUT2D eigenvalue weighted by molar-refractivity contribution is 4.82. The predicted octanol–water partition coefficient (Wildman–Crippen LogP) is 1.87. The maximum atomic E-state index is 10.1. The number of hydrogen-bond acceptors (Lipinski definition) is 4. The molecule has 2 fully saturated rings. The zero-order chi connectivity index (χ0) is 15.2. The van der Waals surface area contributed by atoms with E-state index in [0.29, 0.717) is 31.2 Å². The van der Waals surface area contributed by atoms with Crippen molar-refractivity contribution >= 4 is 0 Å². The zero-order valence-corrected chi connectivity index (χ0v) is 14.1. The van der Waals surface area contributed by atoms with Crippen LogP contribution >= 0.6 is 0 Å². The second-order valence-electron chi connectivity index (χ2n) is 7.42. The van der Waals surface area contributed by atoms with Crippen molar-refractivity contribution < 1.29 is 9.84 Å². The molecular formula is C17H34N2O2. The van der Waals surface area contributed by atoms with Crippen LogP contribution in [-0.2, 0) is 4.74 Å². The minimum Gasteiger partial charge on any atom is -0.389 e. The molecule has 0 spiro atoms. The van der Waals surface area contributed by atoms with Crippen molar-refractivity contribution in [3.63, 3.8) is 0 Å². The lowest BCUT2D eigenvalue weighted by atomic mass is 9.89. The highest BCUT2D eigenvalue weighted by Crippen LogP contribution is 2.25. The number of nitrogens with zero attached hydrogens (tertiary/aromatic N) is 1. The first-order chi connectivity index (χ1) is 10.0. The van der Waals surface area contributed by atoms with Gasteiger partial charge in [-0.2, -0.15) is 0 Å². The van der Waals surface area contributed by atoms with Crippen LogP contribution in [0.25, 0.3) is 0 Å². The third-order valence-electron chi connectivity index (χ3n) is 5.14. The number of hydrogen-bond donors (Lipinski definition) is 2. The fourth-order valence-electron chi connectivity index (χ4n) is 3.78. The third kappa shape index (κ3) is 5.85. The first kappa shape index (κ1) is 17.2. The van der Waals surface area contributed by atoms with Gasteiger partial charge in [-0.25, -0.2) is 0 Å². The Hall–Kier alpha value is -0.160. The van der Waals surface area contributed by atoms with Gasteiger partial charge in [-0.05, 0) is 44.7 Å². The van der Waals surface area contributed by atoms with Crippen LogP contribution in [0, 0.1) is 11.8 Å². The van der Waals surface area contributed by atoms with Crippen LogP contribution in [0.15, 0.2) is 0 Å². The fourth-order valence-corrected chi connectivity index (χ4v) is 3.78. The molecule has 0 bridgehead atoms. The van der Waals surface area contributed by atoms with E-state index in [-0.39, 0.29) is 6.10 Å². The molecule has 1 aliphatic carbocycles. The number of aliphatic hydroxyl groups is 1. The second-order valence-corrected chi connectivity index (χ2v) is 7.42. The molecule has 1 saturated heterocycles. The van der Waals surface area contributed by atoms with Gasteiger partial charge in [0.25, 0.3) is 0 Å². The summed E-state index contributed by atoms with van der Waals surface area (Å²) in [6.07, 6.45) is 6.08. The lowest BCUT2D eigenvalue weighted by Crippen LogP contribution is -2.49. The monoisotopic (exact) mass is 298 g/mol. The van der Waals surface area contributed by atoms with E-state index in [9.17, 15) is 5.11 Å². The molecule has 4 nitrogen and oxygen atoms in total. The van der Waals surface area contributed by atoms with E-state index in [1.54, 1.807) is 0 Å². The molecule has 0 aromatic carbocycles. The summed E-state index contributed by atoms with van der Waals surface area (Å²) in [5, 5.41) is 13.6. The van der Waals surface area contributed by atoms with E-state index in [1.165, 1.54) is 19.3 Å². The predicted molar refractivity (Wildman–Crippen MR) is 86.4 cm³/mol. The van der Waals surface area contributed by atoms with Crippen LogP contribution in [0.3, 0.4) is 0 Å². The molecule has 0 aromatic heterocycles. The van der Waals surface area contributed by atoms with Gasteiger partial charge in [0.2, 0.25) is 0 Å². The van der Waals surface area contributed by atoms with Gasteiger partial charge in [0.15, 0.2) is 0 Å². The maximum Gasteiger partial charge on any atom is 0.0897 e. The fraction of sp³-hybridized carbons (Fsp3) is 1.00. The maximum absolute atomic E-state index is 10.1. The van der Waals surface area contributed by atoms with E-state index in [4.69, 9.17) is 4.74 Å². The average molecular weight is 298 g/mol. The Balaban J connectivity index is 1.60. The van der Waals surface area contributed by atoms with Gasteiger partial charge in [-0.1, -0.05) is 26.7 Å². The van der Waals surface area contributed by atoms with E-state index in [2.05, 4.69) is 31.1 Å². The minimum atomic E-state index is -0.380. The number of nitrogens with one attached hydrogen (secondary N) is 1. The van der Waals surface area contributed by atoms with Crippen LogP contribution < -0.4 is 5.32 Å². The van der Waals surface area contributed by atoms with E-state index >= 15 is 0 Å². The number of ether oxygens (including phenoxy) is 1. The van der Waals surface area contributed by atoms with Gasteiger partial charge in [-0.3, -0.25) is 0 Å². The number of rotatable bonds is 6. The summed E-state index contributed by atoms with van der Waals surface area (Å²) in [6.45, 7) is 8.01. The molecule has 124 valence electrons. The summed E-state index contributed by atoms with van der Waals surface area (Å²) in [5.41, 5.74) is 0. The molecule has 4 heteroatoms. The third-order valence-corrected chi connectivity index (χ3v) is 5.14. The smallest absolute Gasteiger partial charge is 0.0897 e. The van der Waals surface area contributed by atoms with Crippen LogP contribution in [0.2, 0.25) is 0 Å². The van der Waals surface area contributed by atoms with Crippen molar-refractivity contribution in [2.24, 2.45) is 11.8 Å². The molecule has 1 saturated carbocycles. The normalized spacial score (nSPS) is 36.6. The highest BCUT2D eigenvalue weighted by Gasteiger charge is 2.25. The van der Waals surface area contributed by atoms with Crippen molar-refractivity contribution in [2.45, 2.75) is 64.2 Å². The molecule has 0 aromatic rings. The van der Waals surface area contributed by atoms with Gasteiger partial charge in [0.1, 0.15) is 0 Å². The van der Waals surface area contributed by atoms with Crippen LogP contribution in [-0.4, -0.2) is 61.5 Å². The number of likely N-dealkylation sites (tertiary alicyclic amines) is 1. The average Bonchev–Trinajstić information content (AvgIpc) is 2.44. The molecule has 5 unspecified atom stereocenters. The molecule has 1 aliphatic heterocycles. The Morgan fingerprint density at radius 3 is 2.81 bits per heavy atom. The Bertz CT molecular complexity index is 301. The van der Waals surface area contributed by atoms with Crippen LogP contribution in [0.4, 0.5) is 0 Å². The largest absolute Gasteiger partial charge is 0.389 e. The Morgan fingerprint density at radius 2 is 2.10 bits per heavy atom. The minimum absolute atomic E-state index is 0.366. The first-order valence-electron chi connectivity index (χ1n) is 8.76. The van der Waals surface area contributed by atoms with Crippen molar-refractivity contribution in [1.29, 1.82) is 0 Å². The summed E-state index contributed by atoms with van der Waals surface area (Å²) in [7, 11) is 2.18. The van der Waals surface area contributed by atoms with Gasteiger partial charge in [-0.15, -0.1) is 0 Å². The molecule has 0 amide bonds. The molecule has 2 rings (SSSR count). The van der Waals surface area contributed by atoms with Crippen LogP contribution in [0.5, 0.6) is 0 Å². The summed E-state index contributed by atoms with van der Waals surface area (Å²) in [4.78, 5) is 2.38. The summed E-state index contributed by atoms with van der Waals surface area (Å²) >= 11 is 0. The molecule has 1 heterocycles. The highest BCUT2D eigenvalue weighted by atomic mass is 16.5. The Kier molecular flexibility index (Phi) is 6.93. The van der Waals surface area contributed by atoms with E-state index in [0.717, 1.165) is 31.8 Å². The number of aliphatic hydroxyl groups excluding tert-OH is 1.